The zero-order valence-electron chi connectivity index (χ0n) is 5.29. The van der Waals surface area contributed by atoms with Crippen molar-refractivity contribution in [2.24, 2.45) is 0 Å². The smallest absolute Gasteiger partial charge is 0.0969 e. The molecule has 9 heavy (non-hydrogen) atoms. The summed E-state index contributed by atoms with van der Waals surface area (Å²) in [6, 6.07) is 0. The van der Waals surface area contributed by atoms with E-state index in [-0.39, 0.29) is 0 Å². The summed E-state index contributed by atoms with van der Waals surface area (Å²) >= 11 is 11.8. The third-order valence-corrected chi connectivity index (χ3v) is 2.65. The molecule has 2 heteroatoms. The van der Waals surface area contributed by atoms with Crippen LogP contribution >= 0.6 is 23.2 Å². The Kier molecular flexibility index (Phi) is 2.07. The highest BCUT2D eigenvalue weighted by Crippen LogP contribution is 2.40. The quantitative estimate of drug-likeness (QED) is 0.381. The molecule has 0 unspecified atom stereocenters. The summed E-state index contributed by atoms with van der Waals surface area (Å²) in [5.41, 5.74) is 0.983. The molecule has 0 aromatic heterocycles. The van der Waals surface area contributed by atoms with Crippen molar-refractivity contribution < 1.29 is 0 Å². The molecule has 52 valence electrons. The fraction of sp³-hybridized carbons (Fsp3) is 0.714. The van der Waals surface area contributed by atoms with Crippen LogP contribution in [0, 0.1) is 0 Å². The first kappa shape index (κ1) is 7.43. The van der Waals surface area contributed by atoms with Gasteiger partial charge in [0, 0.05) is 0 Å². The second kappa shape index (κ2) is 2.51. The van der Waals surface area contributed by atoms with Gasteiger partial charge in [0.2, 0.25) is 0 Å². The molecule has 0 nitrogen and oxygen atoms in total. The van der Waals surface area contributed by atoms with E-state index in [0.717, 1.165) is 24.8 Å². The molecule has 0 N–H and O–H groups in total. The summed E-state index contributed by atoms with van der Waals surface area (Å²) in [5.74, 6) is 0. The van der Waals surface area contributed by atoms with Crippen molar-refractivity contribution in [3.05, 3.63) is 12.2 Å². The maximum Gasteiger partial charge on any atom is 0.138 e. The lowest BCUT2D eigenvalue weighted by atomic mass is 9.95. The molecule has 0 radical (unpaired) electrons. The number of alkyl halides is 2. The van der Waals surface area contributed by atoms with Gasteiger partial charge in [0.1, 0.15) is 4.33 Å². The van der Waals surface area contributed by atoms with Crippen molar-refractivity contribution in [3.8, 4) is 0 Å². The standard InChI is InChI=1S/C7H10Cl2/c1-6-4-2-3-5-7(6,8)9/h1-5H2. The van der Waals surface area contributed by atoms with Gasteiger partial charge < -0.3 is 0 Å². The van der Waals surface area contributed by atoms with Crippen LogP contribution in [0.4, 0.5) is 0 Å². The van der Waals surface area contributed by atoms with Gasteiger partial charge in [-0.05, 0) is 31.3 Å². The molecule has 0 aromatic carbocycles. The zero-order valence-corrected chi connectivity index (χ0v) is 6.80. The summed E-state index contributed by atoms with van der Waals surface area (Å²) < 4.78 is -0.613. The van der Waals surface area contributed by atoms with Crippen molar-refractivity contribution in [1.82, 2.24) is 0 Å². The van der Waals surface area contributed by atoms with Crippen molar-refractivity contribution in [2.75, 3.05) is 0 Å². The Morgan fingerprint density at radius 1 is 1.33 bits per heavy atom. The Hall–Kier alpha value is 0.320. The topological polar surface area (TPSA) is 0 Å². The summed E-state index contributed by atoms with van der Waals surface area (Å²) in [6.07, 6.45) is 4.19. The number of hydrogen-bond donors (Lipinski definition) is 0. The van der Waals surface area contributed by atoms with Gasteiger partial charge in [-0.2, -0.15) is 0 Å². The Labute approximate surface area is 65.8 Å². The van der Waals surface area contributed by atoms with Crippen LogP contribution in [0.5, 0.6) is 0 Å². The van der Waals surface area contributed by atoms with E-state index in [1.54, 1.807) is 0 Å². The van der Waals surface area contributed by atoms with Crippen molar-refractivity contribution in [2.45, 2.75) is 30.0 Å². The van der Waals surface area contributed by atoms with Gasteiger partial charge >= 0.3 is 0 Å². The van der Waals surface area contributed by atoms with Gasteiger partial charge in [0.25, 0.3) is 0 Å². The third kappa shape index (κ3) is 1.62. The highest BCUT2D eigenvalue weighted by molar-refractivity contribution is 6.50. The molecule has 1 aliphatic carbocycles. The number of halogens is 2. The highest BCUT2D eigenvalue weighted by atomic mass is 35.5. The first-order chi connectivity index (χ1) is 4.13. The van der Waals surface area contributed by atoms with Crippen LogP contribution < -0.4 is 0 Å². The van der Waals surface area contributed by atoms with E-state index >= 15 is 0 Å². The van der Waals surface area contributed by atoms with Gasteiger partial charge in [0.15, 0.2) is 0 Å². The van der Waals surface area contributed by atoms with E-state index in [1.807, 2.05) is 0 Å². The molecule has 0 aliphatic heterocycles. The molecule has 0 heterocycles. The normalized spacial score (nSPS) is 26.2. The predicted molar refractivity (Wildman–Crippen MR) is 42.0 cm³/mol. The van der Waals surface area contributed by atoms with E-state index in [4.69, 9.17) is 23.2 Å². The minimum absolute atomic E-state index is 0.613. The summed E-state index contributed by atoms with van der Waals surface area (Å²) in [6.45, 7) is 3.80. The van der Waals surface area contributed by atoms with E-state index in [1.165, 1.54) is 6.42 Å². The van der Waals surface area contributed by atoms with Gasteiger partial charge in [-0.25, -0.2) is 0 Å². The zero-order chi connectivity index (χ0) is 6.91. The predicted octanol–water partition coefficient (Wildman–Crippen LogP) is 3.29. The number of rotatable bonds is 0. The largest absolute Gasteiger partial charge is 0.138 e. The first-order valence-corrected chi connectivity index (χ1v) is 3.94. The lowest BCUT2D eigenvalue weighted by molar-refractivity contribution is 0.577. The van der Waals surface area contributed by atoms with E-state index in [9.17, 15) is 0 Å². The van der Waals surface area contributed by atoms with E-state index in [0.29, 0.717) is 0 Å². The Morgan fingerprint density at radius 3 is 2.33 bits per heavy atom. The van der Waals surface area contributed by atoms with Crippen LogP contribution in [0.1, 0.15) is 25.7 Å². The van der Waals surface area contributed by atoms with Gasteiger partial charge in [-0.15, -0.1) is 0 Å². The van der Waals surface area contributed by atoms with Crippen LogP contribution in [-0.2, 0) is 0 Å². The van der Waals surface area contributed by atoms with Gasteiger partial charge in [-0.3, -0.25) is 0 Å². The molecule has 0 aromatic rings. The second-order valence-corrected chi connectivity index (χ2v) is 4.00. The lowest BCUT2D eigenvalue weighted by Crippen LogP contribution is -2.19. The molecule has 1 rings (SSSR count). The van der Waals surface area contributed by atoms with Crippen molar-refractivity contribution in [3.63, 3.8) is 0 Å². The fourth-order valence-electron chi connectivity index (χ4n) is 1.05. The SMILES string of the molecule is C=C1CCCCC1(Cl)Cl. The number of hydrogen-bond acceptors (Lipinski definition) is 0. The molecule has 1 saturated carbocycles. The minimum atomic E-state index is -0.613. The highest BCUT2D eigenvalue weighted by Gasteiger charge is 2.29. The Balaban J connectivity index is 2.60. The Bertz CT molecular complexity index is 127. The van der Waals surface area contributed by atoms with Crippen LogP contribution in [0.2, 0.25) is 0 Å². The Morgan fingerprint density at radius 2 is 2.00 bits per heavy atom. The molecule has 0 spiro atoms. The van der Waals surface area contributed by atoms with Gasteiger partial charge in [0.05, 0.1) is 0 Å². The summed E-state index contributed by atoms with van der Waals surface area (Å²) in [7, 11) is 0. The van der Waals surface area contributed by atoms with Crippen LogP contribution in [-0.4, -0.2) is 4.33 Å². The van der Waals surface area contributed by atoms with Crippen LogP contribution in [0.15, 0.2) is 12.2 Å². The number of allylic oxidation sites excluding steroid dienone is 1. The molecule has 0 amide bonds. The average molecular weight is 165 g/mol. The van der Waals surface area contributed by atoms with E-state index in [2.05, 4.69) is 6.58 Å². The first-order valence-electron chi connectivity index (χ1n) is 3.19. The van der Waals surface area contributed by atoms with E-state index < -0.39 is 4.33 Å². The second-order valence-electron chi connectivity index (χ2n) is 2.52. The monoisotopic (exact) mass is 164 g/mol. The average Bonchev–Trinajstić information content (AvgIpc) is 1.77. The molecule has 0 saturated heterocycles. The maximum absolute atomic E-state index is 5.89. The van der Waals surface area contributed by atoms with Crippen molar-refractivity contribution >= 4 is 23.2 Å². The summed E-state index contributed by atoms with van der Waals surface area (Å²) in [5, 5.41) is 0. The fourth-order valence-corrected chi connectivity index (χ4v) is 1.50. The maximum atomic E-state index is 5.89. The third-order valence-electron chi connectivity index (χ3n) is 1.74. The molecular formula is C7H10Cl2. The summed E-state index contributed by atoms with van der Waals surface area (Å²) in [4.78, 5) is 0. The van der Waals surface area contributed by atoms with Gasteiger partial charge in [-0.1, -0.05) is 29.8 Å². The molecular weight excluding hydrogens is 155 g/mol. The lowest BCUT2D eigenvalue weighted by Gasteiger charge is -2.26. The molecule has 1 fully saturated rings. The van der Waals surface area contributed by atoms with Crippen molar-refractivity contribution in [1.29, 1.82) is 0 Å². The molecule has 1 aliphatic rings. The molecule has 0 bridgehead atoms. The van der Waals surface area contributed by atoms with Crippen LogP contribution in [0.25, 0.3) is 0 Å². The minimum Gasteiger partial charge on any atom is -0.0969 e. The molecule has 0 atom stereocenters. The van der Waals surface area contributed by atoms with Crippen LogP contribution in [0.3, 0.4) is 0 Å².